The fourth-order valence-corrected chi connectivity index (χ4v) is 2.64. The first-order chi connectivity index (χ1) is 11.7. The second-order valence-electron chi connectivity index (χ2n) is 4.76. The fourth-order valence-electron chi connectivity index (χ4n) is 1.86. The summed E-state index contributed by atoms with van der Waals surface area (Å²) in [6.07, 6.45) is 1.04. The zero-order chi connectivity index (χ0) is 18.8. The summed E-state index contributed by atoms with van der Waals surface area (Å²) in [4.78, 5) is 24.9. The first-order valence-electron chi connectivity index (χ1n) is 6.80. The third-order valence-electron chi connectivity index (χ3n) is 3.15. The predicted octanol–water partition coefficient (Wildman–Crippen LogP) is 1.81. The third-order valence-corrected chi connectivity index (χ3v) is 4.79. The molecule has 0 saturated carbocycles. The second kappa shape index (κ2) is 6.81. The number of nitrogens with two attached hydrogens (primary N) is 1. The van der Waals surface area contributed by atoms with Crippen LogP contribution in [0.4, 0.5) is 10.1 Å². The van der Waals surface area contributed by atoms with Crippen LogP contribution in [-0.4, -0.2) is 30.0 Å². The lowest BCUT2D eigenvalue weighted by molar-refractivity contribution is -0.385. The van der Waals surface area contributed by atoms with E-state index in [4.69, 9.17) is 10.5 Å². The summed E-state index contributed by atoms with van der Waals surface area (Å²) in [5, 5.41) is 10.8. The Morgan fingerprint density at radius 1 is 1.40 bits per heavy atom. The van der Waals surface area contributed by atoms with E-state index in [1.165, 1.54) is 13.0 Å². The molecule has 11 heteroatoms. The van der Waals surface area contributed by atoms with Gasteiger partial charge in [-0.25, -0.2) is 17.8 Å². The molecular formula is C14H12FN3O6S. The van der Waals surface area contributed by atoms with Crippen molar-refractivity contribution in [3.05, 3.63) is 52.0 Å². The first kappa shape index (κ1) is 18.3. The van der Waals surface area contributed by atoms with Crippen molar-refractivity contribution in [2.75, 3.05) is 5.75 Å². The number of rotatable bonds is 6. The van der Waals surface area contributed by atoms with Crippen LogP contribution in [0, 0.1) is 15.9 Å². The van der Waals surface area contributed by atoms with E-state index in [9.17, 15) is 27.7 Å². The Morgan fingerprint density at radius 2 is 2.08 bits per heavy atom. The van der Waals surface area contributed by atoms with Crippen LogP contribution in [0.1, 0.15) is 17.3 Å². The van der Waals surface area contributed by atoms with E-state index < -0.39 is 43.5 Å². The van der Waals surface area contributed by atoms with Gasteiger partial charge in [-0.3, -0.25) is 14.9 Å². The van der Waals surface area contributed by atoms with Crippen molar-refractivity contribution in [1.82, 2.24) is 4.98 Å². The minimum Gasteiger partial charge on any atom is -0.452 e. The highest BCUT2D eigenvalue weighted by molar-refractivity contribution is 7.91. The second-order valence-corrected chi connectivity index (χ2v) is 6.98. The topological polar surface area (TPSA) is 142 Å². The molecule has 0 bridgehead atoms. The number of halogens is 1. The van der Waals surface area contributed by atoms with Crippen LogP contribution in [0.5, 0.6) is 11.5 Å². The van der Waals surface area contributed by atoms with Crippen molar-refractivity contribution in [2.24, 2.45) is 5.73 Å². The summed E-state index contributed by atoms with van der Waals surface area (Å²) in [6.45, 7) is 1.45. The normalized spacial score (nSPS) is 11.1. The fraction of sp³-hybridized carbons (Fsp3) is 0.143. The highest BCUT2D eigenvalue weighted by Crippen LogP contribution is 2.31. The van der Waals surface area contributed by atoms with E-state index in [1.54, 1.807) is 0 Å². The van der Waals surface area contributed by atoms with Crippen molar-refractivity contribution in [3.63, 3.8) is 0 Å². The minimum atomic E-state index is -3.51. The molecule has 0 spiro atoms. The van der Waals surface area contributed by atoms with Gasteiger partial charge in [0, 0.05) is 0 Å². The zero-order valence-corrected chi connectivity index (χ0v) is 13.6. The quantitative estimate of drug-likeness (QED) is 0.604. The Labute approximate surface area is 141 Å². The summed E-state index contributed by atoms with van der Waals surface area (Å²) < 4.78 is 42.5. The van der Waals surface area contributed by atoms with Crippen molar-refractivity contribution in [1.29, 1.82) is 0 Å². The van der Waals surface area contributed by atoms with Crippen molar-refractivity contribution < 1.29 is 27.3 Å². The van der Waals surface area contributed by atoms with Crippen LogP contribution in [-0.2, 0) is 9.84 Å². The lowest BCUT2D eigenvalue weighted by Gasteiger charge is -2.08. The summed E-state index contributed by atoms with van der Waals surface area (Å²) in [5.41, 5.74) is 3.66. The molecule has 1 aromatic carbocycles. The molecule has 0 unspecified atom stereocenters. The van der Waals surface area contributed by atoms with Gasteiger partial charge < -0.3 is 10.5 Å². The number of hydrogen-bond acceptors (Lipinski definition) is 7. The largest absolute Gasteiger partial charge is 0.452 e. The van der Waals surface area contributed by atoms with Crippen LogP contribution in [0.15, 0.2) is 35.5 Å². The number of carbonyl (C=O) groups excluding carboxylic acids is 1. The van der Waals surface area contributed by atoms with Crippen molar-refractivity contribution in [2.45, 2.75) is 11.9 Å². The average Bonchev–Trinajstić information content (AvgIpc) is 2.56. The molecule has 2 aromatic rings. The number of aromatic nitrogens is 1. The number of hydrogen-bond donors (Lipinski definition) is 1. The molecule has 2 N–H and O–H groups in total. The molecule has 0 saturated heterocycles. The molecule has 132 valence electrons. The van der Waals surface area contributed by atoms with Gasteiger partial charge in [-0.2, -0.15) is 0 Å². The maximum absolute atomic E-state index is 14.0. The molecule has 1 amide bonds. The summed E-state index contributed by atoms with van der Waals surface area (Å²) in [5.74, 6) is -2.94. The third kappa shape index (κ3) is 3.88. The lowest BCUT2D eigenvalue weighted by atomic mass is 10.1. The van der Waals surface area contributed by atoms with E-state index in [2.05, 4.69) is 4.98 Å². The monoisotopic (exact) mass is 369 g/mol. The van der Waals surface area contributed by atoms with Gasteiger partial charge in [-0.1, -0.05) is 6.92 Å². The van der Waals surface area contributed by atoms with Gasteiger partial charge in [0.05, 0.1) is 22.9 Å². The highest BCUT2D eigenvalue weighted by atomic mass is 32.2. The molecule has 0 aliphatic heterocycles. The Hall–Kier alpha value is -3.08. The molecule has 1 heterocycles. The lowest BCUT2D eigenvalue weighted by Crippen LogP contribution is -2.14. The number of nitro groups is 1. The van der Waals surface area contributed by atoms with Crippen molar-refractivity contribution in [3.8, 4) is 11.5 Å². The van der Waals surface area contributed by atoms with Crippen molar-refractivity contribution >= 4 is 21.4 Å². The zero-order valence-electron chi connectivity index (χ0n) is 12.8. The summed E-state index contributed by atoms with van der Waals surface area (Å²) >= 11 is 0. The van der Waals surface area contributed by atoms with Gasteiger partial charge in [-0.15, -0.1) is 0 Å². The molecule has 0 radical (unpaired) electrons. The van der Waals surface area contributed by atoms with Gasteiger partial charge in [0.2, 0.25) is 0 Å². The molecule has 2 rings (SSSR count). The van der Waals surface area contributed by atoms with Gasteiger partial charge in [0.1, 0.15) is 11.3 Å². The predicted molar refractivity (Wildman–Crippen MR) is 83.6 cm³/mol. The van der Waals surface area contributed by atoms with E-state index >= 15 is 0 Å². The summed E-state index contributed by atoms with van der Waals surface area (Å²) in [7, 11) is -3.51. The van der Waals surface area contributed by atoms with Crippen LogP contribution < -0.4 is 10.5 Å². The number of sulfone groups is 1. The number of benzene rings is 1. The Bertz CT molecular complexity index is 944. The van der Waals surface area contributed by atoms with Crippen LogP contribution >= 0.6 is 0 Å². The maximum Gasteiger partial charge on any atom is 0.286 e. The molecule has 0 aliphatic rings. The number of nitro benzene ring substituents is 1. The Morgan fingerprint density at radius 3 is 2.56 bits per heavy atom. The number of amides is 1. The smallest absolute Gasteiger partial charge is 0.286 e. The molecule has 0 aliphatic carbocycles. The van der Waals surface area contributed by atoms with E-state index in [-0.39, 0.29) is 16.5 Å². The molecule has 25 heavy (non-hydrogen) atoms. The molecule has 0 atom stereocenters. The number of ether oxygens (including phenoxy) is 1. The Kier molecular flexibility index (Phi) is 4.97. The number of nitrogens with zero attached hydrogens (tertiary/aromatic N) is 2. The SMILES string of the molecule is CCS(=O)(=O)c1ccc(Oc2cc([N+](=O)[O-])c(C(N)=O)cc2F)cn1. The van der Waals surface area contributed by atoms with E-state index in [0.717, 1.165) is 12.3 Å². The van der Waals surface area contributed by atoms with E-state index in [1.807, 2.05) is 0 Å². The van der Waals surface area contributed by atoms with Gasteiger partial charge in [0.15, 0.2) is 26.4 Å². The average molecular weight is 369 g/mol. The number of primary amides is 1. The molecule has 1 aromatic heterocycles. The molecule has 9 nitrogen and oxygen atoms in total. The summed E-state index contributed by atoms with van der Waals surface area (Å²) in [6, 6.07) is 3.70. The van der Waals surface area contributed by atoms with Crippen LogP contribution in [0.3, 0.4) is 0 Å². The molecule has 0 fully saturated rings. The highest BCUT2D eigenvalue weighted by Gasteiger charge is 2.23. The number of pyridine rings is 1. The maximum atomic E-state index is 14.0. The van der Waals surface area contributed by atoms with Crippen LogP contribution in [0.2, 0.25) is 0 Å². The number of carbonyl (C=O) groups is 1. The minimum absolute atomic E-state index is 0.0462. The van der Waals surface area contributed by atoms with Gasteiger partial charge >= 0.3 is 0 Å². The first-order valence-corrected chi connectivity index (χ1v) is 8.45. The van der Waals surface area contributed by atoms with Crippen LogP contribution in [0.25, 0.3) is 0 Å². The molecular weight excluding hydrogens is 357 g/mol. The Balaban J connectivity index is 2.39. The van der Waals surface area contributed by atoms with Gasteiger partial charge in [-0.05, 0) is 18.2 Å². The van der Waals surface area contributed by atoms with Gasteiger partial charge in [0.25, 0.3) is 11.6 Å². The van der Waals surface area contributed by atoms with E-state index in [0.29, 0.717) is 12.1 Å². The standard InChI is InChI=1S/C14H12FN3O6S/c1-2-25(22,23)13-4-3-8(7-17-13)24-12-6-11(18(20)21)9(14(16)19)5-10(12)15/h3-7H,2H2,1H3,(H2,16,19).